The molecule has 0 aliphatic carbocycles. The van der Waals surface area contributed by atoms with Crippen LogP contribution in [0.1, 0.15) is 24.2 Å². The van der Waals surface area contributed by atoms with Crippen molar-refractivity contribution in [3.63, 3.8) is 0 Å². The number of carbonyl (C=O) groups excluding carboxylic acids is 1. The summed E-state index contributed by atoms with van der Waals surface area (Å²) in [5, 5.41) is 21.9. The molecule has 0 heterocycles. The van der Waals surface area contributed by atoms with Gasteiger partial charge in [-0.1, -0.05) is 24.3 Å². The summed E-state index contributed by atoms with van der Waals surface area (Å²) in [5.41, 5.74) is 7.13. The second-order valence-electron chi connectivity index (χ2n) is 6.59. The summed E-state index contributed by atoms with van der Waals surface area (Å²) in [5.74, 6) is 0.302. The molecule has 0 bridgehead atoms. The van der Waals surface area contributed by atoms with Gasteiger partial charge in [-0.3, -0.25) is 4.79 Å². The van der Waals surface area contributed by atoms with E-state index < -0.39 is 5.91 Å². The van der Waals surface area contributed by atoms with Gasteiger partial charge in [-0.25, -0.2) is 0 Å². The molecule has 28 heavy (non-hydrogen) atoms. The number of aliphatic hydroxyl groups is 1. The van der Waals surface area contributed by atoms with E-state index in [1.165, 1.54) is 0 Å². The molecule has 0 fully saturated rings. The van der Waals surface area contributed by atoms with Crippen LogP contribution in [0.5, 0.6) is 11.5 Å². The van der Waals surface area contributed by atoms with E-state index >= 15 is 0 Å². The van der Waals surface area contributed by atoms with Gasteiger partial charge in [0.25, 0.3) is 5.91 Å². The van der Waals surface area contributed by atoms with Gasteiger partial charge in [0.05, 0.1) is 19.3 Å². The predicted molar refractivity (Wildman–Crippen MR) is 106 cm³/mol. The highest BCUT2D eigenvalue weighted by Crippen LogP contribution is 2.20. The van der Waals surface area contributed by atoms with Crippen LogP contribution in [-0.2, 0) is 16.0 Å². The second kappa shape index (κ2) is 11.3. The van der Waals surface area contributed by atoms with Crippen molar-refractivity contribution in [2.24, 2.45) is 5.73 Å². The normalized spacial score (nSPS) is 13.1. The number of phenols is 1. The predicted octanol–water partition coefficient (Wildman–Crippen LogP) is 1.53. The Hall–Kier alpha value is -2.61. The van der Waals surface area contributed by atoms with E-state index in [1.807, 2.05) is 36.4 Å². The molecule has 1 amide bonds. The fraction of sp³-hybridized carbons (Fsp3) is 0.381. The summed E-state index contributed by atoms with van der Waals surface area (Å²) in [6, 6.07) is 14.6. The third-order valence-electron chi connectivity index (χ3n) is 4.17. The number of phenolic OH excluding ortho intramolecular Hbond substituents is 1. The fourth-order valence-electron chi connectivity index (χ4n) is 2.77. The van der Waals surface area contributed by atoms with Crippen LogP contribution >= 0.6 is 0 Å². The zero-order valence-electron chi connectivity index (χ0n) is 16.0. The molecule has 0 aliphatic rings. The van der Waals surface area contributed by atoms with Crippen molar-refractivity contribution in [3.05, 3.63) is 59.7 Å². The highest BCUT2D eigenvalue weighted by Gasteiger charge is 2.14. The highest BCUT2D eigenvalue weighted by molar-refractivity contribution is 5.75. The number of primary amides is 1. The smallest absolute Gasteiger partial charge is 0.255 e. The Morgan fingerprint density at radius 1 is 1.14 bits per heavy atom. The largest absolute Gasteiger partial charge is 0.508 e. The van der Waals surface area contributed by atoms with Crippen LogP contribution < -0.4 is 15.8 Å². The van der Waals surface area contributed by atoms with Crippen molar-refractivity contribution in [1.29, 1.82) is 0 Å². The Kier molecular flexibility index (Phi) is 8.74. The maximum absolute atomic E-state index is 10.7. The van der Waals surface area contributed by atoms with Crippen molar-refractivity contribution in [1.82, 2.24) is 5.32 Å². The van der Waals surface area contributed by atoms with Crippen LogP contribution in [0.2, 0.25) is 0 Å². The number of benzene rings is 2. The van der Waals surface area contributed by atoms with Gasteiger partial charge in [0.15, 0.2) is 6.61 Å². The first kappa shape index (κ1) is 21.7. The molecule has 0 aromatic heterocycles. The van der Waals surface area contributed by atoms with Gasteiger partial charge < -0.3 is 30.7 Å². The molecular formula is C21H28N2O5. The first-order valence-electron chi connectivity index (χ1n) is 9.22. The summed E-state index contributed by atoms with van der Waals surface area (Å²) in [6.07, 6.45) is 0.582. The van der Waals surface area contributed by atoms with E-state index in [9.17, 15) is 9.90 Å². The van der Waals surface area contributed by atoms with E-state index in [4.69, 9.17) is 20.3 Å². The number of amides is 1. The number of hydrogen-bond acceptors (Lipinski definition) is 6. The highest BCUT2D eigenvalue weighted by atomic mass is 16.5. The van der Waals surface area contributed by atoms with Crippen molar-refractivity contribution >= 4 is 5.91 Å². The van der Waals surface area contributed by atoms with Crippen LogP contribution in [0.25, 0.3) is 0 Å². The van der Waals surface area contributed by atoms with Crippen molar-refractivity contribution < 1.29 is 24.5 Å². The molecule has 0 radical (unpaired) electrons. The van der Waals surface area contributed by atoms with Crippen LogP contribution in [0.3, 0.4) is 0 Å². The van der Waals surface area contributed by atoms with E-state index in [-0.39, 0.29) is 37.7 Å². The summed E-state index contributed by atoms with van der Waals surface area (Å²) < 4.78 is 11.0. The number of rotatable bonds is 12. The SMILES string of the molecule is CC(Cc1ccc(OCC(N)=O)cc1)NCC(OCCO)c1ccc(O)cc1. The number of nitrogens with one attached hydrogen (secondary N) is 1. The number of nitrogens with two attached hydrogens (primary N) is 1. The molecule has 0 aliphatic heterocycles. The number of ether oxygens (including phenoxy) is 2. The van der Waals surface area contributed by atoms with Gasteiger partial charge in [0.2, 0.25) is 0 Å². The lowest BCUT2D eigenvalue weighted by atomic mass is 10.1. The Labute approximate surface area is 165 Å². The lowest BCUT2D eigenvalue weighted by molar-refractivity contribution is -0.119. The molecule has 0 spiro atoms. The van der Waals surface area contributed by atoms with Crippen molar-refractivity contribution in [2.75, 3.05) is 26.4 Å². The van der Waals surface area contributed by atoms with Crippen LogP contribution in [-0.4, -0.2) is 48.5 Å². The van der Waals surface area contributed by atoms with Gasteiger partial charge in [0, 0.05) is 12.6 Å². The monoisotopic (exact) mass is 388 g/mol. The molecule has 2 rings (SSSR count). The van der Waals surface area contributed by atoms with Gasteiger partial charge in [-0.15, -0.1) is 0 Å². The number of carbonyl (C=O) groups is 1. The van der Waals surface area contributed by atoms with Gasteiger partial charge in [-0.2, -0.15) is 0 Å². The minimum absolute atomic E-state index is 0.0473. The number of aliphatic hydroxyl groups excluding tert-OH is 1. The van der Waals surface area contributed by atoms with Gasteiger partial charge in [0.1, 0.15) is 11.5 Å². The van der Waals surface area contributed by atoms with E-state index in [0.29, 0.717) is 12.3 Å². The van der Waals surface area contributed by atoms with E-state index in [1.54, 1.807) is 12.1 Å². The van der Waals surface area contributed by atoms with Crippen molar-refractivity contribution in [2.45, 2.75) is 25.5 Å². The van der Waals surface area contributed by atoms with Gasteiger partial charge >= 0.3 is 0 Å². The first-order valence-corrected chi connectivity index (χ1v) is 9.22. The maximum atomic E-state index is 10.7. The molecule has 5 N–H and O–H groups in total. The summed E-state index contributed by atoms with van der Waals surface area (Å²) in [6.45, 7) is 2.72. The summed E-state index contributed by atoms with van der Waals surface area (Å²) >= 11 is 0. The summed E-state index contributed by atoms with van der Waals surface area (Å²) in [4.78, 5) is 10.7. The van der Waals surface area contributed by atoms with Crippen LogP contribution in [0.4, 0.5) is 0 Å². The third-order valence-corrected chi connectivity index (χ3v) is 4.17. The molecule has 2 atom stereocenters. The molecular weight excluding hydrogens is 360 g/mol. The average Bonchev–Trinajstić information content (AvgIpc) is 2.68. The Morgan fingerprint density at radius 2 is 1.82 bits per heavy atom. The Balaban J connectivity index is 1.86. The third kappa shape index (κ3) is 7.56. The van der Waals surface area contributed by atoms with Crippen LogP contribution in [0.15, 0.2) is 48.5 Å². The standard InChI is InChI=1S/C21H28N2O5/c1-15(12-16-2-8-19(9-3-16)28-14-21(22)26)23-13-20(27-11-10-24)17-4-6-18(25)7-5-17/h2-9,15,20,23-25H,10-14H2,1H3,(H2,22,26). The molecule has 0 saturated heterocycles. The fourth-order valence-corrected chi connectivity index (χ4v) is 2.77. The Bertz CT molecular complexity index is 719. The molecule has 7 nitrogen and oxygen atoms in total. The van der Waals surface area contributed by atoms with Crippen LogP contribution in [0, 0.1) is 0 Å². The zero-order valence-corrected chi connectivity index (χ0v) is 16.0. The number of aromatic hydroxyl groups is 1. The maximum Gasteiger partial charge on any atom is 0.255 e. The minimum atomic E-state index is -0.506. The topological polar surface area (TPSA) is 114 Å². The molecule has 2 aromatic carbocycles. The molecule has 152 valence electrons. The lowest BCUT2D eigenvalue weighted by Gasteiger charge is -2.22. The first-order chi connectivity index (χ1) is 13.5. The number of hydrogen-bond donors (Lipinski definition) is 4. The zero-order chi connectivity index (χ0) is 20.4. The Morgan fingerprint density at radius 3 is 2.43 bits per heavy atom. The van der Waals surface area contributed by atoms with Crippen molar-refractivity contribution in [3.8, 4) is 11.5 Å². The molecule has 2 aromatic rings. The summed E-state index contributed by atoms with van der Waals surface area (Å²) in [7, 11) is 0. The molecule has 0 saturated carbocycles. The lowest BCUT2D eigenvalue weighted by Crippen LogP contribution is -2.33. The van der Waals surface area contributed by atoms with Gasteiger partial charge in [-0.05, 0) is 48.7 Å². The second-order valence-corrected chi connectivity index (χ2v) is 6.59. The average molecular weight is 388 g/mol. The van der Waals surface area contributed by atoms with E-state index in [0.717, 1.165) is 17.5 Å². The van der Waals surface area contributed by atoms with E-state index in [2.05, 4.69) is 12.2 Å². The molecule has 2 unspecified atom stereocenters. The molecule has 7 heteroatoms. The minimum Gasteiger partial charge on any atom is -0.508 e. The quantitative estimate of drug-likeness (QED) is 0.438.